The van der Waals surface area contributed by atoms with Crippen molar-refractivity contribution in [3.8, 4) is 5.88 Å². The summed E-state index contributed by atoms with van der Waals surface area (Å²) in [7, 11) is -3.85. The van der Waals surface area contributed by atoms with Crippen molar-refractivity contribution in [1.82, 2.24) is 14.3 Å². The molecular weight excluding hydrogens is 309 g/mol. The molecule has 0 N–H and O–H groups in total. The number of hydrogen-bond acceptors (Lipinski definition) is 5. The molecule has 0 spiro atoms. The molecule has 0 radical (unpaired) electrons. The van der Waals surface area contributed by atoms with Gasteiger partial charge in [0.15, 0.2) is 0 Å². The molecule has 8 heteroatoms. The van der Waals surface area contributed by atoms with Crippen LogP contribution >= 0.6 is 0 Å². The number of ether oxygens (including phenoxy) is 1. The maximum Gasteiger partial charge on any atom is 0.246 e. The van der Waals surface area contributed by atoms with Crippen molar-refractivity contribution >= 4 is 10.0 Å². The van der Waals surface area contributed by atoms with Gasteiger partial charge in [-0.05, 0) is 18.6 Å². The molecule has 22 heavy (non-hydrogen) atoms. The first-order chi connectivity index (χ1) is 10.6. The lowest BCUT2D eigenvalue weighted by Crippen LogP contribution is -2.31. The molecule has 1 unspecified atom stereocenters. The predicted octanol–water partition coefficient (Wildman–Crippen LogP) is 1.46. The van der Waals surface area contributed by atoms with Crippen LogP contribution in [0.15, 0.2) is 47.8 Å². The fraction of sp³-hybridized carbons (Fsp3) is 0.286. The molecule has 2 aromatic rings. The number of aromatic nitrogens is 2. The van der Waals surface area contributed by atoms with Crippen LogP contribution in [0.2, 0.25) is 0 Å². The van der Waals surface area contributed by atoms with E-state index >= 15 is 0 Å². The zero-order valence-electron chi connectivity index (χ0n) is 11.6. The average Bonchev–Trinajstić information content (AvgIpc) is 2.98. The third-order valence-electron chi connectivity index (χ3n) is 3.39. The lowest BCUT2D eigenvalue weighted by atomic mass is 10.3. The molecule has 116 valence electrons. The Kier molecular flexibility index (Phi) is 4.04. The molecule has 2 heterocycles. The fourth-order valence-electron chi connectivity index (χ4n) is 2.32. The van der Waals surface area contributed by atoms with Gasteiger partial charge in [-0.25, -0.2) is 17.8 Å². The minimum atomic E-state index is -3.85. The Morgan fingerprint density at radius 3 is 2.82 bits per heavy atom. The summed E-state index contributed by atoms with van der Waals surface area (Å²) in [4.78, 5) is 7.56. The van der Waals surface area contributed by atoms with Crippen LogP contribution in [0.1, 0.15) is 6.42 Å². The van der Waals surface area contributed by atoms with Crippen LogP contribution in [0.3, 0.4) is 0 Å². The van der Waals surface area contributed by atoms with E-state index in [1.807, 2.05) is 0 Å². The fourth-order valence-corrected chi connectivity index (χ4v) is 3.87. The van der Waals surface area contributed by atoms with Crippen LogP contribution in [0, 0.1) is 5.82 Å². The minimum Gasteiger partial charge on any atom is -0.472 e. The maximum absolute atomic E-state index is 13.7. The Balaban J connectivity index is 1.74. The molecule has 1 saturated heterocycles. The molecule has 1 aliphatic rings. The Morgan fingerprint density at radius 1 is 1.27 bits per heavy atom. The van der Waals surface area contributed by atoms with Crippen LogP contribution in [0.5, 0.6) is 5.88 Å². The van der Waals surface area contributed by atoms with Gasteiger partial charge in [0.1, 0.15) is 16.8 Å². The first-order valence-electron chi connectivity index (χ1n) is 6.75. The van der Waals surface area contributed by atoms with E-state index in [0.717, 1.165) is 6.07 Å². The van der Waals surface area contributed by atoms with E-state index in [1.165, 1.54) is 41.1 Å². The van der Waals surface area contributed by atoms with Crippen LogP contribution in [0.25, 0.3) is 0 Å². The highest BCUT2D eigenvalue weighted by Crippen LogP contribution is 2.24. The number of hydrogen-bond donors (Lipinski definition) is 0. The molecule has 0 saturated carbocycles. The zero-order valence-corrected chi connectivity index (χ0v) is 12.4. The average molecular weight is 323 g/mol. The van der Waals surface area contributed by atoms with E-state index in [2.05, 4.69) is 9.97 Å². The predicted molar refractivity (Wildman–Crippen MR) is 76.2 cm³/mol. The molecule has 6 nitrogen and oxygen atoms in total. The van der Waals surface area contributed by atoms with E-state index in [4.69, 9.17) is 4.74 Å². The van der Waals surface area contributed by atoms with Gasteiger partial charge in [0, 0.05) is 18.9 Å². The third kappa shape index (κ3) is 2.93. The number of halogens is 1. The van der Waals surface area contributed by atoms with Crippen LogP contribution < -0.4 is 4.74 Å². The van der Waals surface area contributed by atoms with Gasteiger partial charge in [-0.3, -0.25) is 4.98 Å². The van der Waals surface area contributed by atoms with Gasteiger partial charge >= 0.3 is 0 Å². The summed E-state index contributed by atoms with van der Waals surface area (Å²) in [5, 5.41) is 0. The van der Waals surface area contributed by atoms with Crippen molar-refractivity contribution in [2.75, 3.05) is 13.1 Å². The molecule has 0 bridgehead atoms. The quantitative estimate of drug-likeness (QED) is 0.852. The van der Waals surface area contributed by atoms with Crippen molar-refractivity contribution in [3.63, 3.8) is 0 Å². The highest BCUT2D eigenvalue weighted by molar-refractivity contribution is 7.89. The minimum absolute atomic E-state index is 0.160. The van der Waals surface area contributed by atoms with Crippen molar-refractivity contribution in [2.45, 2.75) is 17.4 Å². The molecule has 0 amide bonds. The van der Waals surface area contributed by atoms with Crippen molar-refractivity contribution in [2.24, 2.45) is 0 Å². The Morgan fingerprint density at radius 2 is 2.09 bits per heavy atom. The van der Waals surface area contributed by atoms with Gasteiger partial charge in [-0.2, -0.15) is 4.31 Å². The third-order valence-corrected chi connectivity index (χ3v) is 5.29. The van der Waals surface area contributed by atoms with Gasteiger partial charge in [0.05, 0.1) is 12.7 Å². The van der Waals surface area contributed by atoms with Gasteiger partial charge in [-0.1, -0.05) is 12.1 Å². The first-order valence-corrected chi connectivity index (χ1v) is 8.19. The number of nitrogens with zero attached hydrogens (tertiary/aromatic N) is 3. The molecular formula is C14H14FN3O3S. The highest BCUT2D eigenvalue weighted by Gasteiger charge is 2.35. The molecule has 1 aromatic heterocycles. The summed E-state index contributed by atoms with van der Waals surface area (Å²) in [6.07, 6.45) is 4.69. The van der Waals surface area contributed by atoms with Gasteiger partial charge in [-0.15, -0.1) is 0 Å². The topological polar surface area (TPSA) is 72.4 Å². The number of benzene rings is 1. The molecule has 3 rings (SSSR count). The Bertz CT molecular complexity index is 755. The van der Waals surface area contributed by atoms with Gasteiger partial charge in [0.2, 0.25) is 15.9 Å². The summed E-state index contributed by atoms with van der Waals surface area (Å²) < 4.78 is 45.5. The lowest BCUT2D eigenvalue weighted by molar-refractivity contribution is 0.206. The normalized spacial score (nSPS) is 19.2. The van der Waals surface area contributed by atoms with E-state index in [-0.39, 0.29) is 24.1 Å². The second-order valence-electron chi connectivity index (χ2n) is 4.87. The molecule has 1 atom stereocenters. The maximum atomic E-state index is 13.7. The monoisotopic (exact) mass is 323 g/mol. The summed E-state index contributed by atoms with van der Waals surface area (Å²) >= 11 is 0. The van der Waals surface area contributed by atoms with Gasteiger partial charge < -0.3 is 4.74 Å². The standard InChI is InChI=1S/C14H14FN3O3S/c15-12-3-1-2-4-13(12)22(19,20)18-8-5-11(10-18)21-14-9-16-6-7-17-14/h1-4,6-7,9,11H,5,8,10H2. The van der Waals surface area contributed by atoms with Crippen LogP contribution in [0.4, 0.5) is 4.39 Å². The van der Waals surface area contributed by atoms with Crippen molar-refractivity contribution in [1.29, 1.82) is 0 Å². The second kappa shape index (κ2) is 5.98. The summed E-state index contributed by atoms with van der Waals surface area (Å²) in [5.74, 6) is -0.404. The molecule has 1 aliphatic heterocycles. The summed E-state index contributed by atoms with van der Waals surface area (Å²) in [5.41, 5.74) is 0. The smallest absolute Gasteiger partial charge is 0.246 e. The van der Waals surface area contributed by atoms with Crippen LogP contribution in [-0.2, 0) is 10.0 Å². The van der Waals surface area contributed by atoms with E-state index in [0.29, 0.717) is 12.3 Å². The number of rotatable bonds is 4. The van der Waals surface area contributed by atoms with Crippen molar-refractivity contribution < 1.29 is 17.5 Å². The lowest BCUT2D eigenvalue weighted by Gasteiger charge is -2.17. The van der Waals surface area contributed by atoms with Gasteiger partial charge in [0.25, 0.3) is 0 Å². The van der Waals surface area contributed by atoms with E-state index in [1.54, 1.807) is 0 Å². The highest BCUT2D eigenvalue weighted by atomic mass is 32.2. The van der Waals surface area contributed by atoms with E-state index < -0.39 is 15.8 Å². The SMILES string of the molecule is O=S(=O)(c1ccccc1F)N1CCC(Oc2cnccn2)C1. The summed E-state index contributed by atoms with van der Waals surface area (Å²) in [6, 6.07) is 5.36. The Hall–Kier alpha value is -2.06. The van der Waals surface area contributed by atoms with E-state index in [9.17, 15) is 12.8 Å². The Labute approximate surface area is 127 Å². The zero-order chi connectivity index (χ0) is 15.6. The van der Waals surface area contributed by atoms with Crippen LogP contribution in [-0.4, -0.2) is 41.9 Å². The molecule has 1 aromatic carbocycles. The molecule has 1 fully saturated rings. The summed E-state index contributed by atoms with van der Waals surface area (Å²) in [6.45, 7) is 0.439. The largest absolute Gasteiger partial charge is 0.472 e. The first kappa shape index (κ1) is 14.9. The molecule has 0 aliphatic carbocycles. The van der Waals surface area contributed by atoms with Crippen molar-refractivity contribution in [3.05, 3.63) is 48.7 Å². The second-order valence-corrected chi connectivity index (χ2v) is 6.77. The number of sulfonamides is 1.